The van der Waals surface area contributed by atoms with Gasteiger partial charge in [0.15, 0.2) is 0 Å². The molecule has 0 bridgehead atoms. The molecule has 2 aromatic carbocycles. The molecule has 0 aliphatic heterocycles. The predicted molar refractivity (Wildman–Crippen MR) is 93.0 cm³/mol. The molecular weight excluding hydrogens is 346 g/mol. The Balaban J connectivity index is 2.16. The fraction of sp³-hybridized carbons (Fsp3) is 0.118. The number of nitriles is 1. The van der Waals surface area contributed by atoms with Gasteiger partial charge in [-0.1, -0.05) is 17.7 Å². The molecule has 2 rings (SSSR count). The van der Waals surface area contributed by atoms with Gasteiger partial charge in [0.25, 0.3) is 0 Å². The molecule has 0 aliphatic carbocycles. The Morgan fingerprint density at radius 3 is 2.36 bits per heavy atom. The number of amides is 2. The maximum absolute atomic E-state index is 12.1. The molecule has 2 amide bonds. The first kappa shape index (κ1) is 18.1. The first-order valence-corrected chi connectivity index (χ1v) is 7.40. The summed E-state index contributed by atoms with van der Waals surface area (Å²) in [6.07, 6.45) is 0. The zero-order chi connectivity index (χ0) is 18.4. The Morgan fingerprint density at radius 1 is 1.04 bits per heavy atom. The number of carbonyl (C=O) groups is 2. The fourth-order valence-electron chi connectivity index (χ4n) is 1.99. The van der Waals surface area contributed by atoms with E-state index in [9.17, 15) is 9.59 Å². The van der Waals surface area contributed by atoms with E-state index in [1.54, 1.807) is 18.2 Å². The summed E-state index contributed by atoms with van der Waals surface area (Å²) in [5.41, 5.74) is 0.928. The van der Waals surface area contributed by atoms with Crippen LogP contribution < -0.4 is 20.1 Å². The summed E-state index contributed by atoms with van der Waals surface area (Å²) in [6, 6.07) is 11.1. The minimum Gasteiger partial charge on any atom is -0.495 e. The Hall–Kier alpha value is -3.24. The van der Waals surface area contributed by atoms with Crippen LogP contribution in [0.5, 0.6) is 11.5 Å². The first-order valence-electron chi connectivity index (χ1n) is 7.02. The number of hydrogen-bond acceptors (Lipinski definition) is 5. The van der Waals surface area contributed by atoms with Gasteiger partial charge in [-0.15, -0.1) is 0 Å². The lowest BCUT2D eigenvalue weighted by Gasteiger charge is -2.13. The van der Waals surface area contributed by atoms with Gasteiger partial charge in [-0.05, 0) is 18.2 Å². The van der Waals surface area contributed by atoms with Crippen LogP contribution in [0.1, 0.15) is 5.56 Å². The fourth-order valence-corrected chi connectivity index (χ4v) is 2.22. The normalized spacial score (nSPS) is 9.68. The lowest BCUT2D eigenvalue weighted by Crippen LogP contribution is -2.29. The summed E-state index contributed by atoms with van der Waals surface area (Å²) in [4.78, 5) is 24.1. The van der Waals surface area contributed by atoms with Crippen LogP contribution in [0.2, 0.25) is 5.02 Å². The van der Waals surface area contributed by atoms with Crippen LogP contribution in [0.4, 0.5) is 11.4 Å². The van der Waals surface area contributed by atoms with E-state index in [-0.39, 0.29) is 11.4 Å². The number of methoxy groups -OCH3 is 2. The van der Waals surface area contributed by atoms with E-state index in [0.29, 0.717) is 22.0 Å². The molecule has 0 spiro atoms. The third-order valence-corrected chi connectivity index (χ3v) is 3.47. The van der Waals surface area contributed by atoms with Gasteiger partial charge in [0.05, 0.1) is 36.6 Å². The highest BCUT2D eigenvalue weighted by atomic mass is 35.5. The first-order chi connectivity index (χ1) is 12.0. The van der Waals surface area contributed by atoms with Crippen molar-refractivity contribution in [2.24, 2.45) is 0 Å². The van der Waals surface area contributed by atoms with Crippen LogP contribution in [0.3, 0.4) is 0 Å². The molecule has 8 heteroatoms. The zero-order valence-electron chi connectivity index (χ0n) is 13.4. The summed E-state index contributed by atoms with van der Waals surface area (Å²) in [5, 5.41) is 14.0. The van der Waals surface area contributed by atoms with Crippen molar-refractivity contribution in [2.75, 3.05) is 24.9 Å². The maximum atomic E-state index is 12.1. The molecule has 7 nitrogen and oxygen atoms in total. The van der Waals surface area contributed by atoms with Crippen molar-refractivity contribution >= 4 is 34.8 Å². The van der Waals surface area contributed by atoms with Crippen molar-refractivity contribution in [3.8, 4) is 17.6 Å². The number of hydrogen-bond donors (Lipinski definition) is 2. The summed E-state index contributed by atoms with van der Waals surface area (Å²) in [7, 11) is 2.83. The van der Waals surface area contributed by atoms with Gasteiger partial charge >= 0.3 is 11.8 Å². The number of nitrogens with zero attached hydrogens (tertiary/aromatic N) is 1. The maximum Gasteiger partial charge on any atom is 0.314 e. The second-order valence-corrected chi connectivity index (χ2v) is 5.20. The van der Waals surface area contributed by atoms with Gasteiger partial charge in [-0.3, -0.25) is 9.59 Å². The molecular formula is C17H14ClN3O4. The Bertz CT molecular complexity index is 861. The molecule has 0 aromatic heterocycles. The van der Waals surface area contributed by atoms with E-state index >= 15 is 0 Å². The lowest BCUT2D eigenvalue weighted by atomic mass is 10.2. The van der Waals surface area contributed by atoms with E-state index < -0.39 is 11.8 Å². The minimum absolute atomic E-state index is 0.231. The third kappa shape index (κ3) is 4.40. The molecule has 0 radical (unpaired) electrons. The third-order valence-electron chi connectivity index (χ3n) is 3.18. The number of rotatable bonds is 4. The van der Waals surface area contributed by atoms with E-state index in [0.717, 1.165) is 0 Å². The molecule has 0 atom stereocenters. The quantitative estimate of drug-likeness (QED) is 0.817. The van der Waals surface area contributed by atoms with E-state index in [2.05, 4.69) is 10.6 Å². The monoisotopic (exact) mass is 359 g/mol. The number of nitrogens with one attached hydrogen (secondary N) is 2. The van der Waals surface area contributed by atoms with Crippen molar-refractivity contribution in [2.45, 2.75) is 0 Å². The van der Waals surface area contributed by atoms with Crippen molar-refractivity contribution < 1.29 is 19.1 Å². The molecule has 2 N–H and O–H groups in total. The molecule has 2 aromatic rings. The predicted octanol–water partition coefficient (Wildman–Crippen LogP) is 2.81. The van der Waals surface area contributed by atoms with Gasteiger partial charge in [0.2, 0.25) is 0 Å². The van der Waals surface area contributed by atoms with Crippen molar-refractivity contribution in [1.29, 1.82) is 5.26 Å². The molecule has 0 fully saturated rings. The summed E-state index contributed by atoms with van der Waals surface area (Å²) in [6.45, 7) is 0. The van der Waals surface area contributed by atoms with Crippen molar-refractivity contribution in [1.82, 2.24) is 0 Å². The van der Waals surface area contributed by atoms with Gasteiger partial charge in [-0.2, -0.15) is 5.26 Å². The zero-order valence-corrected chi connectivity index (χ0v) is 14.2. The topological polar surface area (TPSA) is 100 Å². The number of anilines is 2. The van der Waals surface area contributed by atoms with Crippen molar-refractivity contribution in [3.05, 3.63) is 47.0 Å². The highest BCUT2D eigenvalue weighted by molar-refractivity contribution is 6.44. The van der Waals surface area contributed by atoms with Crippen LogP contribution in [0.25, 0.3) is 0 Å². The number of ether oxygens (including phenoxy) is 2. The van der Waals surface area contributed by atoms with Gasteiger partial charge in [0, 0.05) is 17.8 Å². The van der Waals surface area contributed by atoms with Crippen LogP contribution in [-0.2, 0) is 9.59 Å². The van der Waals surface area contributed by atoms with Crippen LogP contribution in [-0.4, -0.2) is 26.0 Å². The summed E-state index contributed by atoms with van der Waals surface area (Å²) in [5.74, 6) is -1.21. The highest BCUT2D eigenvalue weighted by Crippen LogP contribution is 2.35. The largest absolute Gasteiger partial charge is 0.495 e. The Morgan fingerprint density at radius 2 is 1.72 bits per heavy atom. The Labute approximate surface area is 149 Å². The average molecular weight is 360 g/mol. The van der Waals surface area contributed by atoms with E-state index in [1.165, 1.54) is 32.4 Å². The van der Waals surface area contributed by atoms with Gasteiger partial charge < -0.3 is 20.1 Å². The van der Waals surface area contributed by atoms with Crippen LogP contribution >= 0.6 is 11.6 Å². The second-order valence-electron chi connectivity index (χ2n) is 4.79. The molecule has 25 heavy (non-hydrogen) atoms. The average Bonchev–Trinajstić information content (AvgIpc) is 2.62. The van der Waals surface area contributed by atoms with E-state index in [4.69, 9.17) is 26.3 Å². The summed E-state index contributed by atoms with van der Waals surface area (Å²) >= 11 is 5.99. The molecule has 0 aliphatic rings. The number of halogens is 1. The SMILES string of the molecule is COc1cc(NC(=O)C(=O)Nc2cccc(C#N)c2)c(OC)cc1Cl. The second kappa shape index (κ2) is 8.04. The Kier molecular flexibility index (Phi) is 5.82. The molecule has 0 saturated heterocycles. The molecule has 0 heterocycles. The molecule has 0 saturated carbocycles. The standard InChI is InChI=1S/C17H14ClN3O4/c1-24-14-8-13(15(25-2)7-12(14)18)21-17(23)16(22)20-11-5-3-4-10(6-11)9-19/h3-8H,1-2H3,(H,20,22)(H,21,23). The molecule has 0 unspecified atom stereocenters. The molecule has 128 valence electrons. The number of carbonyl (C=O) groups excluding carboxylic acids is 2. The van der Waals surface area contributed by atoms with Crippen LogP contribution in [0.15, 0.2) is 36.4 Å². The minimum atomic E-state index is -0.912. The van der Waals surface area contributed by atoms with E-state index in [1.807, 2.05) is 6.07 Å². The van der Waals surface area contributed by atoms with Crippen LogP contribution in [0, 0.1) is 11.3 Å². The smallest absolute Gasteiger partial charge is 0.314 e. The van der Waals surface area contributed by atoms with Crippen molar-refractivity contribution in [3.63, 3.8) is 0 Å². The number of benzene rings is 2. The van der Waals surface area contributed by atoms with Gasteiger partial charge in [-0.25, -0.2) is 0 Å². The summed E-state index contributed by atoms with van der Waals surface area (Å²) < 4.78 is 10.2. The highest BCUT2D eigenvalue weighted by Gasteiger charge is 2.18. The lowest BCUT2D eigenvalue weighted by molar-refractivity contribution is -0.133. The van der Waals surface area contributed by atoms with Gasteiger partial charge in [0.1, 0.15) is 11.5 Å².